The van der Waals surface area contributed by atoms with Gasteiger partial charge in [-0.25, -0.2) is 0 Å². The number of hydrogen-bond donors (Lipinski definition) is 2. The smallest absolute Gasteiger partial charge is 0.227 e. The van der Waals surface area contributed by atoms with Gasteiger partial charge in [-0.15, -0.1) is 0 Å². The van der Waals surface area contributed by atoms with Crippen LogP contribution in [-0.2, 0) is 4.79 Å². The van der Waals surface area contributed by atoms with Gasteiger partial charge >= 0.3 is 0 Å². The van der Waals surface area contributed by atoms with Crippen LogP contribution in [0.1, 0.15) is 48.9 Å². The van der Waals surface area contributed by atoms with Crippen LogP contribution >= 0.6 is 12.2 Å². The number of carbonyl (C=O) groups is 1. The third-order valence-corrected chi connectivity index (χ3v) is 5.38. The van der Waals surface area contributed by atoms with Gasteiger partial charge in [0.1, 0.15) is 0 Å². The summed E-state index contributed by atoms with van der Waals surface area (Å²) in [6.45, 7) is 7.21. The number of nitrogens with one attached hydrogen (secondary N) is 2. The zero-order valence-corrected chi connectivity index (χ0v) is 17.0. The molecule has 1 amide bonds. The van der Waals surface area contributed by atoms with E-state index in [9.17, 15) is 4.79 Å². The summed E-state index contributed by atoms with van der Waals surface area (Å²) in [6.07, 6.45) is 2.52. The summed E-state index contributed by atoms with van der Waals surface area (Å²) in [7, 11) is 0. The van der Waals surface area contributed by atoms with Crippen LogP contribution in [0.25, 0.3) is 0 Å². The summed E-state index contributed by atoms with van der Waals surface area (Å²) in [4.78, 5) is 13.7. The molecule has 0 spiro atoms. The van der Waals surface area contributed by atoms with Crippen LogP contribution in [0.2, 0.25) is 0 Å². The summed E-state index contributed by atoms with van der Waals surface area (Å²) < 4.78 is 0. The molecule has 0 aliphatic carbocycles. The number of nitrogens with zero attached hydrogens (tertiary/aromatic N) is 1. The van der Waals surface area contributed by atoms with Crippen molar-refractivity contribution in [2.75, 3.05) is 16.8 Å². The van der Waals surface area contributed by atoms with Gasteiger partial charge in [0.05, 0.1) is 6.04 Å². The number of benzene rings is 2. The molecule has 2 N–H and O–H groups in total. The fourth-order valence-electron chi connectivity index (χ4n) is 3.37. The molecule has 0 radical (unpaired) electrons. The van der Waals surface area contributed by atoms with Gasteiger partial charge in [-0.2, -0.15) is 0 Å². The van der Waals surface area contributed by atoms with Crippen LogP contribution in [-0.4, -0.2) is 17.6 Å². The first-order valence-electron chi connectivity index (χ1n) is 9.53. The molecule has 1 heterocycles. The molecule has 27 heavy (non-hydrogen) atoms. The molecule has 0 saturated carbocycles. The standard InChI is InChI=1S/C22H27N3OS/c1-4-20(17-8-7-15(2)16(3)14-17)24-22(27)23-18-9-11-19(12-10-18)25-13-5-6-21(25)26/h7-12,14,20H,4-6,13H2,1-3H3,(H2,23,24,27)/t20-/m0/s1. The fourth-order valence-corrected chi connectivity index (χ4v) is 3.63. The maximum Gasteiger partial charge on any atom is 0.227 e. The lowest BCUT2D eigenvalue weighted by atomic mass is 9.99. The molecule has 2 aromatic carbocycles. The van der Waals surface area contributed by atoms with Crippen LogP contribution in [0.3, 0.4) is 0 Å². The number of amides is 1. The lowest BCUT2D eigenvalue weighted by Gasteiger charge is -2.21. The SMILES string of the molecule is CC[C@H](NC(=S)Nc1ccc(N2CCCC2=O)cc1)c1ccc(C)c(C)c1. The van der Waals surface area contributed by atoms with E-state index in [1.807, 2.05) is 29.2 Å². The largest absolute Gasteiger partial charge is 0.356 e. The van der Waals surface area contributed by atoms with E-state index in [1.54, 1.807) is 0 Å². The van der Waals surface area contributed by atoms with E-state index in [-0.39, 0.29) is 11.9 Å². The van der Waals surface area contributed by atoms with Gasteiger partial charge < -0.3 is 15.5 Å². The molecule has 1 aliphatic rings. The van der Waals surface area contributed by atoms with Crippen molar-refractivity contribution in [2.45, 2.75) is 46.1 Å². The molecule has 3 rings (SSSR count). The molecule has 0 aromatic heterocycles. The minimum atomic E-state index is 0.172. The highest BCUT2D eigenvalue weighted by Crippen LogP contribution is 2.24. The van der Waals surface area contributed by atoms with Crippen LogP contribution in [0.15, 0.2) is 42.5 Å². The fraction of sp³-hybridized carbons (Fsp3) is 0.364. The van der Waals surface area contributed by atoms with Crippen LogP contribution in [0.5, 0.6) is 0 Å². The normalized spacial score (nSPS) is 14.9. The molecule has 0 unspecified atom stereocenters. The van der Waals surface area contributed by atoms with Gasteiger partial charge in [0.15, 0.2) is 5.11 Å². The van der Waals surface area contributed by atoms with Crippen LogP contribution < -0.4 is 15.5 Å². The average Bonchev–Trinajstić information content (AvgIpc) is 3.08. The third kappa shape index (κ3) is 4.66. The summed E-state index contributed by atoms with van der Waals surface area (Å²) in [5.74, 6) is 0.201. The maximum absolute atomic E-state index is 11.9. The number of thiocarbonyl (C=S) groups is 1. The van der Waals surface area contributed by atoms with E-state index >= 15 is 0 Å². The first kappa shape index (κ1) is 19.4. The van der Waals surface area contributed by atoms with Gasteiger partial charge in [-0.05, 0) is 79.9 Å². The van der Waals surface area contributed by atoms with Crippen molar-refractivity contribution in [3.8, 4) is 0 Å². The van der Waals surface area contributed by atoms with E-state index in [2.05, 4.69) is 49.6 Å². The Morgan fingerprint density at radius 2 is 1.89 bits per heavy atom. The molecule has 142 valence electrons. The molecule has 1 atom stereocenters. The maximum atomic E-state index is 11.9. The number of anilines is 2. The summed E-state index contributed by atoms with van der Waals surface area (Å²) in [5.41, 5.74) is 5.69. The number of carbonyl (C=O) groups excluding carboxylic acids is 1. The molecule has 0 bridgehead atoms. The van der Waals surface area contributed by atoms with Gasteiger partial charge in [-0.1, -0.05) is 25.1 Å². The molecule has 1 fully saturated rings. The van der Waals surface area contributed by atoms with E-state index < -0.39 is 0 Å². The van der Waals surface area contributed by atoms with Crippen LogP contribution in [0.4, 0.5) is 11.4 Å². The summed E-state index contributed by atoms with van der Waals surface area (Å²) in [5, 5.41) is 7.26. The summed E-state index contributed by atoms with van der Waals surface area (Å²) >= 11 is 5.51. The zero-order valence-electron chi connectivity index (χ0n) is 16.2. The Balaban J connectivity index is 1.62. The number of rotatable bonds is 5. The molecule has 4 nitrogen and oxygen atoms in total. The molecular formula is C22H27N3OS. The quantitative estimate of drug-likeness (QED) is 0.726. The highest BCUT2D eigenvalue weighted by molar-refractivity contribution is 7.80. The Morgan fingerprint density at radius 1 is 1.15 bits per heavy atom. The van der Waals surface area contributed by atoms with Crippen molar-refractivity contribution in [3.05, 3.63) is 59.2 Å². The predicted octanol–water partition coefficient (Wildman–Crippen LogP) is 4.87. The van der Waals surface area contributed by atoms with E-state index in [0.29, 0.717) is 11.5 Å². The third-order valence-electron chi connectivity index (χ3n) is 5.16. The topological polar surface area (TPSA) is 44.4 Å². The van der Waals surface area contributed by atoms with Crippen molar-refractivity contribution >= 4 is 34.6 Å². The minimum Gasteiger partial charge on any atom is -0.356 e. The van der Waals surface area contributed by atoms with Crippen molar-refractivity contribution in [1.82, 2.24) is 5.32 Å². The molecule has 2 aromatic rings. The number of hydrogen-bond acceptors (Lipinski definition) is 2. The van der Waals surface area contributed by atoms with E-state index in [0.717, 1.165) is 30.8 Å². The second kappa shape index (κ2) is 8.53. The lowest BCUT2D eigenvalue weighted by Crippen LogP contribution is -2.32. The van der Waals surface area contributed by atoms with Gasteiger partial charge in [0.25, 0.3) is 0 Å². The van der Waals surface area contributed by atoms with Gasteiger partial charge in [0, 0.05) is 24.3 Å². The van der Waals surface area contributed by atoms with Gasteiger partial charge in [-0.3, -0.25) is 4.79 Å². The Kier molecular flexibility index (Phi) is 6.11. The molecule has 5 heteroatoms. The highest BCUT2D eigenvalue weighted by Gasteiger charge is 2.21. The average molecular weight is 382 g/mol. The van der Waals surface area contributed by atoms with E-state index in [4.69, 9.17) is 12.2 Å². The molecule has 1 saturated heterocycles. The Labute approximate surface area is 167 Å². The van der Waals surface area contributed by atoms with E-state index in [1.165, 1.54) is 16.7 Å². The van der Waals surface area contributed by atoms with Crippen molar-refractivity contribution in [2.24, 2.45) is 0 Å². The lowest BCUT2D eigenvalue weighted by molar-refractivity contribution is -0.117. The molecular weight excluding hydrogens is 354 g/mol. The second-order valence-electron chi connectivity index (χ2n) is 7.10. The minimum absolute atomic E-state index is 0.172. The van der Waals surface area contributed by atoms with Crippen LogP contribution in [0, 0.1) is 13.8 Å². The Bertz CT molecular complexity index is 832. The van der Waals surface area contributed by atoms with Crippen molar-refractivity contribution < 1.29 is 4.79 Å². The monoisotopic (exact) mass is 381 g/mol. The Morgan fingerprint density at radius 3 is 2.48 bits per heavy atom. The van der Waals surface area contributed by atoms with Gasteiger partial charge in [0.2, 0.25) is 5.91 Å². The highest BCUT2D eigenvalue weighted by atomic mass is 32.1. The number of aryl methyl sites for hydroxylation is 2. The first-order valence-corrected chi connectivity index (χ1v) is 9.94. The zero-order chi connectivity index (χ0) is 19.4. The predicted molar refractivity (Wildman–Crippen MR) is 116 cm³/mol. The molecule has 1 aliphatic heterocycles. The second-order valence-corrected chi connectivity index (χ2v) is 7.51. The first-order chi connectivity index (χ1) is 13.0. The summed E-state index contributed by atoms with van der Waals surface area (Å²) in [6, 6.07) is 14.6. The van der Waals surface area contributed by atoms with Crippen molar-refractivity contribution in [3.63, 3.8) is 0 Å². The van der Waals surface area contributed by atoms with Crippen molar-refractivity contribution in [1.29, 1.82) is 0 Å². The Hall–Kier alpha value is -2.40.